The molecule has 0 heterocycles. The van der Waals surface area contributed by atoms with Gasteiger partial charge >= 0.3 is 7.82 Å². The van der Waals surface area contributed by atoms with E-state index in [1.807, 2.05) is 19.0 Å². The molecule has 1 amide bonds. The number of rotatable bonds is 39. The largest absolute Gasteiger partial charge is 0.472 e. The minimum absolute atomic E-state index is 0.0541. The van der Waals surface area contributed by atoms with Crippen LogP contribution in [0.15, 0.2) is 0 Å². The zero-order valence-electron chi connectivity index (χ0n) is 32.9. The second-order valence-corrected chi connectivity index (χ2v) is 16.3. The molecule has 0 rings (SSSR count). The first-order chi connectivity index (χ1) is 23.7. The van der Waals surface area contributed by atoms with E-state index in [4.69, 9.17) is 9.05 Å². The van der Waals surface area contributed by atoms with Crippen LogP contribution >= 0.6 is 7.82 Å². The molecule has 0 bridgehead atoms. The Morgan fingerprint density at radius 2 is 0.980 bits per heavy atom. The molecule has 0 aliphatic rings. The minimum Gasteiger partial charge on any atom is -0.391 e. The first-order valence-corrected chi connectivity index (χ1v) is 22.4. The number of aliphatic hydroxyl groups is 1. The zero-order chi connectivity index (χ0) is 36.3. The Labute approximate surface area is 304 Å². The van der Waals surface area contributed by atoms with Gasteiger partial charge in [-0.1, -0.05) is 187 Å². The summed E-state index contributed by atoms with van der Waals surface area (Å²) in [4.78, 5) is 24.8. The molecule has 294 valence electrons. The number of hydrogen-bond acceptors (Lipinski definition) is 6. The lowest BCUT2D eigenvalue weighted by atomic mass is 10.0. The Hall–Kier alpha value is -0.500. The molecule has 3 atom stereocenters. The van der Waals surface area contributed by atoms with Crippen molar-refractivity contribution in [3.05, 3.63) is 0 Å². The Morgan fingerprint density at radius 3 is 1.37 bits per heavy atom. The van der Waals surface area contributed by atoms with Gasteiger partial charge in [-0.25, -0.2) is 4.57 Å². The van der Waals surface area contributed by atoms with Gasteiger partial charge in [0.1, 0.15) is 0 Å². The Morgan fingerprint density at radius 1 is 0.612 bits per heavy atom. The molecular weight excluding hydrogens is 635 g/mol. The molecule has 8 nitrogen and oxygen atoms in total. The third-order valence-corrected chi connectivity index (χ3v) is 10.6. The molecule has 0 spiro atoms. The maximum Gasteiger partial charge on any atom is 0.472 e. The monoisotopic (exact) mass is 719 g/mol. The van der Waals surface area contributed by atoms with Crippen molar-refractivity contribution >= 4 is 13.7 Å². The third kappa shape index (κ3) is 35.7. The van der Waals surface area contributed by atoms with E-state index in [9.17, 15) is 19.4 Å². The number of phosphoric ester groups is 1. The summed E-state index contributed by atoms with van der Waals surface area (Å²) in [5.74, 6) is -0.144. The summed E-state index contributed by atoms with van der Waals surface area (Å²) in [6.45, 7) is 4.80. The Bertz CT molecular complexity index is 756. The topological polar surface area (TPSA) is 108 Å². The standard InChI is InChI=1S/C40H83N2O6P/c1-5-7-9-11-13-15-17-19-20-22-24-26-28-30-32-34-40(44)41-38(37-48-49(45,46)47-36-35-42(3)4)39(43)33-31-29-27-25-23-21-18-16-14-12-10-8-6-2/h38-39,43H,5-37H2,1-4H3,(H,41,44)(H,45,46). The van der Waals surface area contributed by atoms with Gasteiger partial charge in [-0.2, -0.15) is 0 Å². The van der Waals surface area contributed by atoms with Gasteiger partial charge in [0.25, 0.3) is 0 Å². The molecule has 0 aromatic rings. The highest BCUT2D eigenvalue weighted by Crippen LogP contribution is 2.43. The fourth-order valence-corrected chi connectivity index (χ4v) is 7.04. The highest BCUT2D eigenvalue weighted by atomic mass is 31.2. The van der Waals surface area contributed by atoms with Crippen LogP contribution in [0.4, 0.5) is 0 Å². The van der Waals surface area contributed by atoms with Crippen molar-refractivity contribution in [2.75, 3.05) is 33.9 Å². The van der Waals surface area contributed by atoms with E-state index in [1.165, 1.54) is 141 Å². The van der Waals surface area contributed by atoms with Crippen molar-refractivity contribution in [2.45, 2.75) is 219 Å². The predicted molar refractivity (Wildman–Crippen MR) is 208 cm³/mol. The van der Waals surface area contributed by atoms with E-state index in [-0.39, 0.29) is 19.1 Å². The van der Waals surface area contributed by atoms with Gasteiger partial charge in [-0.15, -0.1) is 0 Å². The summed E-state index contributed by atoms with van der Waals surface area (Å²) in [5.41, 5.74) is 0. The summed E-state index contributed by atoms with van der Waals surface area (Å²) < 4.78 is 22.7. The van der Waals surface area contributed by atoms with Crippen LogP contribution < -0.4 is 5.32 Å². The van der Waals surface area contributed by atoms with E-state index in [2.05, 4.69) is 19.2 Å². The molecule has 0 radical (unpaired) electrons. The average molecular weight is 719 g/mol. The van der Waals surface area contributed by atoms with Crippen molar-refractivity contribution in [3.8, 4) is 0 Å². The molecule has 0 fully saturated rings. The number of aliphatic hydroxyl groups excluding tert-OH is 1. The maximum atomic E-state index is 12.8. The van der Waals surface area contributed by atoms with Crippen molar-refractivity contribution in [3.63, 3.8) is 0 Å². The number of carbonyl (C=O) groups is 1. The van der Waals surface area contributed by atoms with Crippen LogP contribution in [0.2, 0.25) is 0 Å². The first-order valence-electron chi connectivity index (χ1n) is 21.0. The predicted octanol–water partition coefficient (Wildman–Crippen LogP) is 11.3. The molecule has 49 heavy (non-hydrogen) atoms. The maximum absolute atomic E-state index is 12.8. The highest BCUT2D eigenvalue weighted by molar-refractivity contribution is 7.47. The molecule has 9 heteroatoms. The van der Waals surface area contributed by atoms with Gasteiger partial charge < -0.3 is 20.2 Å². The van der Waals surface area contributed by atoms with Crippen LogP contribution in [0, 0.1) is 0 Å². The minimum atomic E-state index is -4.29. The van der Waals surface area contributed by atoms with Crippen molar-refractivity contribution in [1.82, 2.24) is 10.2 Å². The van der Waals surface area contributed by atoms with E-state index in [1.54, 1.807) is 0 Å². The molecular formula is C40H83N2O6P. The second-order valence-electron chi connectivity index (χ2n) is 14.9. The van der Waals surface area contributed by atoms with E-state index >= 15 is 0 Å². The smallest absolute Gasteiger partial charge is 0.391 e. The molecule has 0 saturated carbocycles. The summed E-state index contributed by atoms with van der Waals surface area (Å²) in [5, 5.41) is 13.9. The van der Waals surface area contributed by atoms with E-state index in [0.29, 0.717) is 19.4 Å². The average Bonchev–Trinajstić information content (AvgIpc) is 3.06. The number of hydrogen-bond donors (Lipinski definition) is 3. The van der Waals surface area contributed by atoms with Crippen LogP contribution in [0.25, 0.3) is 0 Å². The van der Waals surface area contributed by atoms with Crippen LogP contribution in [0.3, 0.4) is 0 Å². The van der Waals surface area contributed by atoms with Crippen LogP contribution in [-0.2, 0) is 18.4 Å². The molecule has 0 aromatic carbocycles. The van der Waals surface area contributed by atoms with E-state index < -0.39 is 20.0 Å². The number of unbranched alkanes of at least 4 members (excludes halogenated alkanes) is 26. The number of nitrogens with one attached hydrogen (secondary N) is 1. The molecule has 0 aliphatic heterocycles. The van der Waals surface area contributed by atoms with Crippen molar-refractivity contribution in [1.29, 1.82) is 0 Å². The zero-order valence-corrected chi connectivity index (χ0v) is 33.8. The normalized spacial score (nSPS) is 14.3. The lowest BCUT2D eigenvalue weighted by Crippen LogP contribution is -2.46. The molecule has 0 saturated heterocycles. The van der Waals surface area contributed by atoms with Gasteiger partial charge in [0, 0.05) is 13.0 Å². The number of phosphoric acid groups is 1. The summed E-state index contributed by atoms with van der Waals surface area (Å²) >= 11 is 0. The number of likely N-dealkylation sites (N-methyl/N-ethyl adjacent to an activating group) is 1. The van der Waals surface area contributed by atoms with Gasteiger partial charge in [0.2, 0.25) is 5.91 Å². The van der Waals surface area contributed by atoms with Crippen molar-refractivity contribution < 1.29 is 28.4 Å². The second kappa shape index (κ2) is 35.9. The summed E-state index contributed by atoms with van der Waals surface area (Å²) in [6.07, 6.45) is 35.4. The highest BCUT2D eigenvalue weighted by Gasteiger charge is 2.27. The molecule has 0 aromatic heterocycles. The lowest BCUT2D eigenvalue weighted by Gasteiger charge is -2.25. The Kier molecular flexibility index (Phi) is 35.5. The van der Waals surface area contributed by atoms with Crippen LogP contribution in [0.5, 0.6) is 0 Å². The molecule has 0 aliphatic carbocycles. The summed E-state index contributed by atoms with van der Waals surface area (Å²) in [6, 6.07) is -0.751. The number of nitrogens with zero attached hydrogens (tertiary/aromatic N) is 1. The van der Waals surface area contributed by atoms with Gasteiger partial charge in [-0.3, -0.25) is 13.8 Å². The fourth-order valence-electron chi connectivity index (χ4n) is 6.31. The van der Waals surface area contributed by atoms with Gasteiger partial charge in [-0.05, 0) is 26.9 Å². The SMILES string of the molecule is CCCCCCCCCCCCCCCCCC(=O)NC(COP(=O)(O)OCCN(C)C)C(O)CCCCCCCCCCCCCCC. The quantitative estimate of drug-likeness (QED) is 0.0429. The Balaban J connectivity index is 4.30. The lowest BCUT2D eigenvalue weighted by molar-refractivity contribution is -0.123. The third-order valence-electron chi connectivity index (χ3n) is 9.63. The van der Waals surface area contributed by atoms with E-state index in [0.717, 1.165) is 38.5 Å². The van der Waals surface area contributed by atoms with Crippen LogP contribution in [-0.4, -0.2) is 66.8 Å². The van der Waals surface area contributed by atoms with Crippen LogP contribution in [0.1, 0.15) is 206 Å². The van der Waals surface area contributed by atoms with Gasteiger partial charge in [0.05, 0.1) is 25.4 Å². The fraction of sp³-hybridized carbons (Fsp3) is 0.975. The number of amides is 1. The first kappa shape index (κ1) is 48.5. The summed E-state index contributed by atoms with van der Waals surface area (Å²) in [7, 11) is -0.587. The molecule has 3 unspecified atom stereocenters. The molecule has 3 N–H and O–H groups in total. The number of carbonyl (C=O) groups excluding carboxylic acids is 1. The van der Waals surface area contributed by atoms with Crippen molar-refractivity contribution in [2.24, 2.45) is 0 Å². The van der Waals surface area contributed by atoms with Gasteiger partial charge in [0.15, 0.2) is 0 Å².